The number of pyridine rings is 1. The second kappa shape index (κ2) is 10.2. The highest BCUT2D eigenvalue weighted by atomic mass is 32.2. The zero-order valence-electron chi connectivity index (χ0n) is 17.7. The number of benzene rings is 1. The SMILES string of the molecule is Cc1ccc(CN(C)Cc2nnc(SCc3ccccn3)n2C[C@H]2CCCO2)cc1. The average Bonchev–Trinajstić information content (AvgIpc) is 3.40. The van der Waals surface area contributed by atoms with Gasteiger partial charge in [-0.25, -0.2) is 0 Å². The van der Waals surface area contributed by atoms with Crippen molar-refractivity contribution in [1.29, 1.82) is 0 Å². The molecule has 1 fully saturated rings. The first-order valence-electron chi connectivity index (χ1n) is 10.5. The van der Waals surface area contributed by atoms with Crippen molar-refractivity contribution >= 4 is 11.8 Å². The lowest BCUT2D eigenvalue weighted by atomic mass is 10.1. The van der Waals surface area contributed by atoms with Gasteiger partial charge in [-0.2, -0.15) is 0 Å². The Balaban J connectivity index is 1.46. The van der Waals surface area contributed by atoms with Gasteiger partial charge in [0.1, 0.15) is 5.82 Å². The molecular formula is C23H29N5OS. The summed E-state index contributed by atoms with van der Waals surface area (Å²) in [5.74, 6) is 1.77. The number of aromatic nitrogens is 4. The summed E-state index contributed by atoms with van der Waals surface area (Å²) >= 11 is 1.69. The van der Waals surface area contributed by atoms with Crippen molar-refractivity contribution in [2.24, 2.45) is 0 Å². The Kier molecular flexibility index (Phi) is 7.15. The first kappa shape index (κ1) is 21.0. The Morgan fingerprint density at radius 2 is 2.00 bits per heavy atom. The quantitative estimate of drug-likeness (QED) is 0.483. The molecule has 30 heavy (non-hydrogen) atoms. The molecule has 6 nitrogen and oxygen atoms in total. The number of thioether (sulfide) groups is 1. The number of hydrogen-bond donors (Lipinski definition) is 0. The van der Waals surface area contributed by atoms with Crippen LogP contribution in [0, 0.1) is 6.92 Å². The molecule has 158 valence electrons. The normalized spacial score (nSPS) is 16.4. The van der Waals surface area contributed by atoms with Crippen LogP contribution in [0.25, 0.3) is 0 Å². The summed E-state index contributed by atoms with van der Waals surface area (Å²) in [5.41, 5.74) is 3.64. The van der Waals surface area contributed by atoms with Crippen molar-refractivity contribution in [3.63, 3.8) is 0 Å². The van der Waals surface area contributed by atoms with E-state index >= 15 is 0 Å². The number of aryl methyl sites for hydroxylation is 1. The molecule has 1 aromatic carbocycles. The predicted molar refractivity (Wildman–Crippen MR) is 119 cm³/mol. The third-order valence-corrected chi connectivity index (χ3v) is 6.26. The highest BCUT2D eigenvalue weighted by Gasteiger charge is 2.21. The van der Waals surface area contributed by atoms with E-state index < -0.39 is 0 Å². The minimum atomic E-state index is 0.247. The fourth-order valence-corrected chi connectivity index (χ4v) is 4.52. The van der Waals surface area contributed by atoms with Gasteiger partial charge in [-0.1, -0.05) is 47.7 Å². The molecule has 4 rings (SSSR count). The van der Waals surface area contributed by atoms with E-state index in [1.54, 1.807) is 11.8 Å². The lowest BCUT2D eigenvalue weighted by molar-refractivity contribution is 0.0934. The fraction of sp³-hybridized carbons (Fsp3) is 0.435. The van der Waals surface area contributed by atoms with Crippen molar-refractivity contribution in [2.75, 3.05) is 13.7 Å². The van der Waals surface area contributed by atoms with Crippen LogP contribution in [0.5, 0.6) is 0 Å². The first-order valence-corrected chi connectivity index (χ1v) is 11.5. The van der Waals surface area contributed by atoms with Gasteiger partial charge in [-0.05, 0) is 44.5 Å². The minimum absolute atomic E-state index is 0.247. The maximum absolute atomic E-state index is 5.90. The molecule has 0 bridgehead atoms. The third kappa shape index (κ3) is 5.68. The molecular weight excluding hydrogens is 394 g/mol. The molecule has 2 aromatic heterocycles. The fourth-order valence-electron chi connectivity index (χ4n) is 3.64. The van der Waals surface area contributed by atoms with E-state index in [9.17, 15) is 0 Å². The lowest BCUT2D eigenvalue weighted by Crippen LogP contribution is -2.23. The standard InChI is InChI=1S/C23H29N5OS/c1-18-8-10-19(11-9-18)14-27(2)16-22-25-26-23(28(22)15-21-7-5-13-29-21)30-17-20-6-3-4-12-24-20/h3-4,6,8-12,21H,5,7,13-17H2,1-2H3/t21-/m1/s1. The molecule has 0 N–H and O–H groups in total. The van der Waals surface area contributed by atoms with E-state index in [-0.39, 0.29) is 6.10 Å². The number of rotatable bonds is 9. The van der Waals surface area contributed by atoms with Gasteiger partial charge in [0.05, 0.1) is 24.9 Å². The maximum Gasteiger partial charge on any atom is 0.191 e. The molecule has 0 saturated carbocycles. The average molecular weight is 424 g/mol. The summed E-state index contributed by atoms with van der Waals surface area (Å²) in [6.45, 7) is 5.41. The number of hydrogen-bond acceptors (Lipinski definition) is 6. The van der Waals surface area contributed by atoms with E-state index in [0.717, 1.165) is 61.5 Å². The van der Waals surface area contributed by atoms with Crippen LogP contribution in [-0.2, 0) is 30.1 Å². The Hall–Kier alpha value is -2.22. The minimum Gasteiger partial charge on any atom is -0.376 e. The van der Waals surface area contributed by atoms with Gasteiger partial charge in [0, 0.05) is 25.1 Å². The first-order chi connectivity index (χ1) is 14.7. The van der Waals surface area contributed by atoms with Crippen LogP contribution in [0.4, 0.5) is 0 Å². The summed E-state index contributed by atoms with van der Waals surface area (Å²) in [5, 5.41) is 9.99. The second-order valence-electron chi connectivity index (χ2n) is 7.91. The Labute approximate surface area is 182 Å². The maximum atomic E-state index is 5.90. The third-order valence-electron chi connectivity index (χ3n) is 5.26. The molecule has 3 aromatic rings. The molecule has 0 amide bonds. The zero-order valence-corrected chi connectivity index (χ0v) is 18.5. The number of nitrogens with zero attached hydrogens (tertiary/aromatic N) is 5. The van der Waals surface area contributed by atoms with E-state index in [4.69, 9.17) is 4.74 Å². The largest absolute Gasteiger partial charge is 0.376 e. The molecule has 1 aliphatic heterocycles. The molecule has 7 heteroatoms. The van der Waals surface area contributed by atoms with E-state index in [1.165, 1.54) is 11.1 Å². The molecule has 1 aliphatic rings. The zero-order chi connectivity index (χ0) is 20.8. The predicted octanol–water partition coefficient (Wildman–Crippen LogP) is 4.08. The second-order valence-corrected chi connectivity index (χ2v) is 8.85. The van der Waals surface area contributed by atoms with Gasteiger partial charge in [0.2, 0.25) is 0 Å². The van der Waals surface area contributed by atoms with Crippen molar-refractivity contribution in [3.05, 3.63) is 71.3 Å². The summed E-state index contributed by atoms with van der Waals surface area (Å²) < 4.78 is 8.14. The molecule has 1 saturated heterocycles. The van der Waals surface area contributed by atoms with Crippen molar-refractivity contribution in [2.45, 2.75) is 56.4 Å². The molecule has 0 unspecified atom stereocenters. The molecule has 1 atom stereocenters. The summed E-state index contributed by atoms with van der Waals surface area (Å²) in [6.07, 6.45) is 4.31. The van der Waals surface area contributed by atoms with Crippen LogP contribution in [0.1, 0.15) is 35.5 Å². The molecule has 0 aliphatic carbocycles. The lowest BCUT2D eigenvalue weighted by Gasteiger charge is -2.19. The summed E-state index contributed by atoms with van der Waals surface area (Å²) in [4.78, 5) is 6.71. The van der Waals surface area contributed by atoms with Gasteiger partial charge < -0.3 is 9.30 Å². The molecule has 0 radical (unpaired) electrons. The van der Waals surface area contributed by atoms with E-state index in [0.29, 0.717) is 0 Å². The van der Waals surface area contributed by atoms with Crippen molar-refractivity contribution in [1.82, 2.24) is 24.6 Å². The monoisotopic (exact) mass is 423 g/mol. The van der Waals surface area contributed by atoms with Crippen LogP contribution in [0.3, 0.4) is 0 Å². The van der Waals surface area contributed by atoms with Crippen molar-refractivity contribution in [3.8, 4) is 0 Å². The van der Waals surface area contributed by atoms with E-state index in [2.05, 4.69) is 62.9 Å². The van der Waals surface area contributed by atoms with Crippen LogP contribution < -0.4 is 0 Å². The van der Waals surface area contributed by atoms with Crippen LogP contribution in [-0.4, -0.2) is 44.4 Å². The Bertz CT molecular complexity index is 923. The highest BCUT2D eigenvalue weighted by Crippen LogP contribution is 2.24. The highest BCUT2D eigenvalue weighted by molar-refractivity contribution is 7.98. The van der Waals surface area contributed by atoms with Crippen LogP contribution >= 0.6 is 11.8 Å². The van der Waals surface area contributed by atoms with Crippen LogP contribution in [0.2, 0.25) is 0 Å². The molecule has 0 spiro atoms. The summed E-state index contributed by atoms with van der Waals surface area (Å²) in [6, 6.07) is 14.7. The Morgan fingerprint density at radius 1 is 1.13 bits per heavy atom. The number of ether oxygens (including phenoxy) is 1. The molecule has 3 heterocycles. The van der Waals surface area contributed by atoms with Gasteiger partial charge in [-0.3, -0.25) is 9.88 Å². The van der Waals surface area contributed by atoms with Gasteiger partial charge in [-0.15, -0.1) is 10.2 Å². The van der Waals surface area contributed by atoms with Gasteiger partial charge in [0.15, 0.2) is 5.16 Å². The van der Waals surface area contributed by atoms with Crippen LogP contribution in [0.15, 0.2) is 53.8 Å². The van der Waals surface area contributed by atoms with Crippen molar-refractivity contribution < 1.29 is 4.74 Å². The topological polar surface area (TPSA) is 56.1 Å². The Morgan fingerprint density at radius 3 is 2.73 bits per heavy atom. The van der Waals surface area contributed by atoms with Gasteiger partial charge in [0.25, 0.3) is 0 Å². The van der Waals surface area contributed by atoms with Gasteiger partial charge >= 0.3 is 0 Å². The summed E-state index contributed by atoms with van der Waals surface area (Å²) in [7, 11) is 2.13. The smallest absolute Gasteiger partial charge is 0.191 e. The van der Waals surface area contributed by atoms with E-state index in [1.807, 2.05) is 24.4 Å².